The molecule has 1 unspecified atom stereocenters. The van der Waals surface area contributed by atoms with E-state index in [0.717, 1.165) is 23.5 Å². The lowest BCUT2D eigenvalue weighted by atomic mass is 10.3. The van der Waals surface area contributed by atoms with Gasteiger partial charge in [0.05, 0.1) is 11.0 Å². The van der Waals surface area contributed by atoms with Gasteiger partial charge >= 0.3 is 0 Å². The van der Waals surface area contributed by atoms with Gasteiger partial charge < -0.3 is 16.0 Å². The van der Waals surface area contributed by atoms with Crippen LogP contribution in [0, 0.1) is 0 Å². The Labute approximate surface area is 82.5 Å². The Morgan fingerprint density at radius 1 is 1.50 bits per heavy atom. The van der Waals surface area contributed by atoms with Gasteiger partial charge in [0.1, 0.15) is 0 Å². The number of nitrogens with zero attached hydrogens (tertiary/aromatic N) is 1. The first-order chi connectivity index (χ1) is 6.75. The molecule has 0 saturated heterocycles. The minimum absolute atomic E-state index is 0.128. The molecule has 0 radical (unpaired) electrons. The van der Waals surface area contributed by atoms with E-state index in [4.69, 9.17) is 5.73 Å². The van der Waals surface area contributed by atoms with E-state index >= 15 is 0 Å². The zero-order valence-corrected chi connectivity index (χ0v) is 8.12. The second kappa shape index (κ2) is 3.67. The Kier molecular flexibility index (Phi) is 2.37. The van der Waals surface area contributed by atoms with Crippen molar-refractivity contribution in [2.45, 2.75) is 13.0 Å². The number of benzene rings is 1. The smallest absolute Gasteiger partial charge is 0.201 e. The molecule has 2 rings (SSSR count). The predicted molar refractivity (Wildman–Crippen MR) is 58.2 cm³/mol. The van der Waals surface area contributed by atoms with Crippen molar-refractivity contribution in [3.63, 3.8) is 0 Å². The fourth-order valence-corrected chi connectivity index (χ4v) is 1.29. The Morgan fingerprint density at radius 3 is 3.00 bits per heavy atom. The minimum Gasteiger partial charge on any atom is -0.354 e. The van der Waals surface area contributed by atoms with E-state index in [1.165, 1.54) is 0 Å². The maximum atomic E-state index is 5.63. The monoisotopic (exact) mass is 190 g/mol. The van der Waals surface area contributed by atoms with Gasteiger partial charge in [0.15, 0.2) is 0 Å². The molecule has 74 valence electrons. The van der Waals surface area contributed by atoms with E-state index in [9.17, 15) is 0 Å². The lowest BCUT2D eigenvalue weighted by Crippen LogP contribution is -2.25. The normalized spacial score (nSPS) is 13.0. The highest BCUT2D eigenvalue weighted by Gasteiger charge is 2.01. The van der Waals surface area contributed by atoms with Crippen LogP contribution in [-0.4, -0.2) is 22.6 Å². The van der Waals surface area contributed by atoms with Crippen molar-refractivity contribution in [1.29, 1.82) is 0 Å². The number of hydrogen-bond donors (Lipinski definition) is 3. The number of para-hydroxylation sites is 2. The highest BCUT2D eigenvalue weighted by molar-refractivity contribution is 5.77. The van der Waals surface area contributed by atoms with Crippen molar-refractivity contribution in [2.24, 2.45) is 5.73 Å². The molecule has 4 heteroatoms. The second-order valence-electron chi connectivity index (χ2n) is 3.46. The van der Waals surface area contributed by atoms with Crippen LogP contribution in [-0.2, 0) is 0 Å². The van der Waals surface area contributed by atoms with Crippen LogP contribution < -0.4 is 11.1 Å². The molecule has 1 heterocycles. The third kappa shape index (κ3) is 1.85. The lowest BCUT2D eigenvalue weighted by Gasteiger charge is -2.04. The van der Waals surface area contributed by atoms with E-state index in [1.54, 1.807) is 0 Å². The molecule has 1 aromatic heterocycles. The van der Waals surface area contributed by atoms with Crippen molar-refractivity contribution in [2.75, 3.05) is 11.9 Å². The van der Waals surface area contributed by atoms with Crippen LogP contribution in [0.3, 0.4) is 0 Å². The summed E-state index contributed by atoms with van der Waals surface area (Å²) >= 11 is 0. The Morgan fingerprint density at radius 2 is 2.29 bits per heavy atom. The number of fused-ring (bicyclic) bond motifs is 1. The van der Waals surface area contributed by atoms with Gasteiger partial charge in [-0.2, -0.15) is 0 Å². The Bertz CT molecular complexity index is 386. The van der Waals surface area contributed by atoms with Gasteiger partial charge in [-0.3, -0.25) is 0 Å². The van der Waals surface area contributed by atoms with Gasteiger partial charge in [-0.05, 0) is 19.1 Å². The molecule has 1 atom stereocenters. The maximum Gasteiger partial charge on any atom is 0.201 e. The molecule has 0 fully saturated rings. The first-order valence-corrected chi connectivity index (χ1v) is 4.70. The molecule has 0 bridgehead atoms. The third-order valence-corrected chi connectivity index (χ3v) is 1.98. The van der Waals surface area contributed by atoms with Crippen LogP contribution >= 0.6 is 0 Å². The van der Waals surface area contributed by atoms with Gasteiger partial charge in [0.25, 0.3) is 0 Å². The van der Waals surface area contributed by atoms with Crippen LogP contribution in [0.1, 0.15) is 6.92 Å². The predicted octanol–water partition coefficient (Wildman–Crippen LogP) is 1.32. The number of imidazole rings is 1. The summed E-state index contributed by atoms with van der Waals surface area (Å²) in [6.07, 6.45) is 0. The summed E-state index contributed by atoms with van der Waals surface area (Å²) in [6.45, 7) is 2.68. The van der Waals surface area contributed by atoms with Gasteiger partial charge in [-0.15, -0.1) is 0 Å². The van der Waals surface area contributed by atoms with Gasteiger partial charge in [0.2, 0.25) is 5.95 Å². The van der Waals surface area contributed by atoms with Gasteiger partial charge in [-0.1, -0.05) is 12.1 Å². The molecule has 0 aliphatic heterocycles. The number of H-pyrrole nitrogens is 1. The first-order valence-electron chi connectivity index (χ1n) is 4.70. The van der Waals surface area contributed by atoms with Crippen molar-refractivity contribution in [3.05, 3.63) is 24.3 Å². The topological polar surface area (TPSA) is 66.7 Å². The molecule has 0 spiro atoms. The molecule has 0 amide bonds. The van der Waals surface area contributed by atoms with Crippen molar-refractivity contribution < 1.29 is 0 Å². The third-order valence-electron chi connectivity index (χ3n) is 1.98. The number of nitrogens with two attached hydrogens (primary N) is 1. The quantitative estimate of drug-likeness (QED) is 0.683. The molecule has 2 aromatic rings. The molecule has 4 nitrogen and oxygen atoms in total. The number of anilines is 1. The molecule has 0 saturated carbocycles. The molecular formula is C10H14N4. The summed E-state index contributed by atoms with van der Waals surface area (Å²) in [4.78, 5) is 7.54. The second-order valence-corrected chi connectivity index (χ2v) is 3.46. The highest BCUT2D eigenvalue weighted by atomic mass is 15.1. The average molecular weight is 190 g/mol. The van der Waals surface area contributed by atoms with E-state index in [2.05, 4.69) is 15.3 Å². The summed E-state index contributed by atoms with van der Waals surface area (Å²) in [5, 5.41) is 3.14. The Balaban J connectivity index is 2.19. The Hall–Kier alpha value is -1.55. The summed E-state index contributed by atoms with van der Waals surface area (Å²) in [5.41, 5.74) is 7.64. The molecule has 4 N–H and O–H groups in total. The fraction of sp³-hybridized carbons (Fsp3) is 0.300. The van der Waals surface area contributed by atoms with Crippen LogP contribution in [0.2, 0.25) is 0 Å². The standard InChI is InChI=1S/C10H14N4/c1-7(11)6-12-10-13-8-4-2-3-5-9(8)14-10/h2-5,7H,6,11H2,1H3,(H2,12,13,14). The van der Waals surface area contributed by atoms with Crippen molar-refractivity contribution >= 4 is 17.0 Å². The van der Waals surface area contributed by atoms with Crippen LogP contribution in [0.15, 0.2) is 24.3 Å². The minimum atomic E-state index is 0.128. The molecule has 1 aromatic carbocycles. The molecule has 0 aliphatic carbocycles. The summed E-state index contributed by atoms with van der Waals surface area (Å²) < 4.78 is 0. The first kappa shape index (κ1) is 9.02. The van der Waals surface area contributed by atoms with Crippen LogP contribution in [0.4, 0.5) is 5.95 Å². The van der Waals surface area contributed by atoms with E-state index in [1.807, 2.05) is 31.2 Å². The fourth-order valence-electron chi connectivity index (χ4n) is 1.29. The van der Waals surface area contributed by atoms with Gasteiger partial charge in [0, 0.05) is 12.6 Å². The number of nitrogens with one attached hydrogen (secondary N) is 2. The zero-order chi connectivity index (χ0) is 9.97. The summed E-state index contributed by atoms with van der Waals surface area (Å²) in [5.74, 6) is 0.781. The number of aromatic amines is 1. The molecule has 14 heavy (non-hydrogen) atoms. The van der Waals surface area contributed by atoms with Crippen molar-refractivity contribution in [1.82, 2.24) is 9.97 Å². The van der Waals surface area contributed by atoms with E-state index in [-0.39, 0.29) is 6.04 Å². The maximum absolute atomic E-state index is 5.63. The van der Waals surface area contributed by atoms with E-state index < -0.39 is 0 Å². The average Bonchev–Trinajstić information content (AvgIpc) is 2.57. The summed E-state index contributed by atoms with van der Waals surface area (Å²) in [6, 6.07) is 8.06. The van der Waals surface area contributed by atoms with E-state index in [0.29, 0.717) is 0 Å². The lowest BCUT2D eigenvalue weighted by molar-refractivity contribution is 0.775. The van der Waals surface area contributed by atoms with Crippen LogP contribution in [0.5, 0.6) is 0 Å². The number of hydrogen-bond acceptors (Lipinski definition) is 3. The molecular weight excluding hydrogens is 176 g/mol. The zero-order valence-electron chi connectivity index (χ0n) is 8.12. The van der Waals surface area contributed by atoms with Crippen LogP contribution in [0.25, 0.3) is 11.0 Å². The molecule has 0 aliphatic rings. The van der Waals surface area contributed by atoms with Gasteiger partial charge in [-0.25, -0.2) is 4.98 Å². The largest absolute Gasteiger partial charge is 0.354 e. The number of rotatable bonds is 3. The van der Waals surface area contributed by atoms with Crippen molar-refractivity contribution in [3.8, 4) is 0 Å². The summed E-state index contributed by atoms with van der Waals surface area (Å²) in [7, 11) is 0. The SMILES string of the molecule is CC(N)CNc1nc2ccccc2[nH]1. The number of aromatic nitrogens is 2. The highest BCUT2D eigenvalue weighted by Crippen LogP contribution is 2.12.